The van der Waals surface area contributed by atoms with Gasteiger partial charge in [0.15, 0.2) is 0 Å². The summed E-state index contributed by atoms with van der Waals surface area (Å²) in [6.45, 7) is 1.89. The van der Waals surface area contributed by atoms with Gasteiger partial charge in [-0.05, 0) is 36.2 Å². The van der Waals surface area contributed by atoms with E-state index >= 15 is 0 Å². The highest BCUT2D eigenvalue weighted by Crippen LogP contribution is 2.13. The van der Waals surface area contributed by atoms with Gasteiger partial charge in [0.2, 0.25) is 0 Å². The van der Waals surface area contributed by atoms with Crippen molar-refractivity contribution in [2.75, 3.05) is 5.32 Å². The largest absolute Gasteiger partial charge is 0.480 e. The number of anilines is 1. The van der Waals surface area contributed by atoms with E-state index in [9.17, 15) is 9.59 Å². The molecule has 21 heavy (non-hydrogen) atoms. The predicted molar refractivity (Wildman–Crippen MR) is 80.5 cm³/mol. The second kappa shape index (κ2) is 6.74. The van der Waals surface area contributed by atoms with Gasteiger partial charge in [-0.15, -0.1) is 0 Å². The molecule has 5 nitrogen and oxygen atoms in total. The zero-order valence-electron chi connectivity index (χ0n) is 11.9. The molecule has 110 valence electrons. The Balaban J connectivity index is 2.07. The summed E-state index contributed by atoms with van der Waals surface area (Å²) in [5.74, 6) is -1.30. The van der Waals surface area contributed by atoms with Crippen molar-refractivity contribution >= 4 is 17.6 Å². The third kappa shape index (κ3) is 3.95. The van der Waals surface area contributed by atoms with Crippen LogP contribution in [0.1, 0.15) is 29.4 Å². The van der Waals surface area contributed by atoms with E-state index in [2.05, 4.69) is 12.2 Å². The van der Waals surface area contributed by atoms with Gasteiger partial charge in [-0.1, -0.05) is 25.5 Å². The van der Waals surface area contributed by atoms with Crippen molar-refractivity contribution in [1.82, 2.24) is 4.57 Å². The van der Waals surface area contributed by atoms with Crippen molar-refractivity contribution in [3.05, 3.63) is 53.9 Å². The minimum atomic E-state index is -0.982. The van der Waals surface area contributed by atoms with E-state index < -0.39 is 5.97 Å². The molecule has 5 heteroatoms. The summed E-state index contributed by atoms with van der Waals surface area (Å²) >= 11 is 0. The average Bonchev–Trinajstić information content (AvgIpc) is 2.88. The third-order valence-corrected chi connectivity index (χ3v) is 3.12. The maximum absolute atomic E-state index is 12.2. The molecule has 0 radical (unpaired) electrons. The quantitative estimate of drug-likeness (QED) is 0.857. The molecular formula is C16H18N2O3. The standard InChI is InChI=1S/C16H18N2O3/c1-2-4-12-6-8-13(9-7-12)17-16(21)14-5-3-10-18(14)11-15(19)20/h3,5-10H,2,4,11H2,1H3,(H,17,21)(H,19,20). The van der Waals surface area contributed by atoms with Crippen LogP contribution in [0.5, 0.6) is 0 Å². The van der Waals surface area contributed by atoms with Crippen LogP contribution in [0.3, 0.4) is 0 Å². The monoisotopic (exact) mass is 286 g/mol. The number of carboxylic acids is 1. The van der Waals surface area contributed by atoms with Crippen molar-refractivity contribution in [2.24, 2.45) is 0 Å². The number of carbonyl (C=O) groups excluding carboxylic acids is 1. The minimum absolute atomic E-state index is 0.231. The molecule has 0 aliphatic carbocycles. The van der Waals surface area contributed by atoms with E-state index in [-0.39, 0.29) is 12.5 Å². The highest BCUT2D eigenvalue weighted by atomic mass is 16.4. The molecule has 0 unspecified atom stereocenters. The SMILES string of the molecule is CCCc1ccc(NC(=O)c2cccn2CC(=O)O)cc1. The van der Waals surface area contributed by atoms with Gasteiger partial charge in [0.25, 0.3) is 5.91 Å². The molecule has 0 spiro atoms. The van der Waals surface area contributed by atoms with Crippen LogP contribution < -0.4 is 5.32 Å². The molecule has 0 aliphatic heterocycles. The Labute approximate surface area is 123 Å². The maximum atomic E-state index is 12.2. The number of nitrogens with one attached hydrogen (secondary N) is 1. The number of benzene rings is 1. The first-order chi connectivity index (χ1) is 10.1. The second-order valence-corrected chi connectivity index (χ2v) is 4.82. The molecule has 0 aliphatic rings. The lowest BCUT2D eigenvalue weighted by Gasteiger charge is -2.08. The Bertz CT molecular complexity index is 629. The van der Waals surface area contributed by atoms with E-state index in [0.717, 1.165) is 12.8 Å². The molecule has 2 aromatic rings. The molecule has 2 N–H and O–H groups in total. The second-order valence-electron chi connectivity index (χ2n) is 4.82. The fourth-order valence-electron chi connectivity index (χ4n) is 2.14. The van der Waals surface area contributed by atoms with Crippen LogP contribution in [0.25, 0.3) is 0 Å². The van der Waals surface area contributed by atoms with Gasteiger partial charge in [-0.25, -0.2) is 0 Å². The summed E-state index contributed by atoms with van der Waals surface area (Å²) in [7, 11) is 0. The number of aromatic nitrogens is 1. The summed E-state index contributed by atoms with van der Waals surface area (Å²) in [4.78, 5) is 22.9. The number of aryl methyl sites for hydroxylation is 1. The number of rotatable bonds is 6. The first kappa shape index (κ1) is 14.8. The predicted octanol–water partition coefficient (Wildman–Crippen LogP) is 2.78. The molecule has 1 aromatic carbocycles. The maximum Gasteiger partial charge on any atom is 0.323 e. The van der Waals surface area contributed by atoms with Gasteiger partial charge in [0.05, 0.1) is 0 Å². The first-order valence-electron chi connectivity index (χ1n) is 6.87. The number of hydrogen-bond donors (Lipinski definition) is 2. The zero-order chi connectivity index (χ0) is 15.2. The Morgan fingerprint density at radius 2 is 1.90 bits per heavy atom. The highest BCUT2D eigenvalue weighted by molar-refractivity contribution is 6.03. The van der Waals surface area contributed by atoms with Crippen molar-refractivity contribution in [3.63, 3.8) is 0 Å². The van der Waals surface area contributed by atoms with E-state index in [4.69, 9.17) is 5.11 Å². The molecule has 0 fully saturated rings. The molecular weight excluding hydrogens is 268 g/mol. The lowest BCUT2D eigenvalue weighted by atomic mass is 10.1. The molecule has 0 saturated carbocycles. The Morgan fingerprint density at radius 1 is 1.19 bits per heavy atom. The highest BCUT2D eigenvalue weighted by Gasteiger charge is 2.12. The molecule has 2 rings (SSSR count). The zero-order valence-corrected chi connectivity index (χ0v) is 11.9. The van der Waals surface area contributed by atoms with E-state index in [1.807, 2.05) is 24.3 Å². The number of aliphatic carboxylic acids is 1. The topological polar surface area (TPSA) is 71.3 Å². The third-order valence-electron chi connectivity index (χ3n) is 3.12. The van der Waals surface area contributed by atoms with Crippen molar-refractivity contribution in [3.8, 4) is 0 Å². The van der Waals surface area contributed by atoms with Gasteiger partial charge in [0, 0.05) is 11.9 Å². The molecule has 0 atom stereocenters. The summed E-state index contributed by atoms with van der Waals surface area (Å²) in [5, 5.41) is 11.6. The number of carbonyl (C=O) groups is 2. The van der Waals surface area contributed by atoms with Crippen LogP contribution in [0.2, 0.25) is 0 Å². The Morgan fingerprint density at radius 3 is 2.52 bits per heavy atom. The molecule has 1 aromatic heterocycles. The number of amides is 1. The smallest absolute Gasteiger partial charge is 0.323 e. The van der Waals surface area contributed by atoms with Crippen molar-refractivity contribution < 1.29 is 14.7 Å². The fourth-order valence-corrected chi connectivity index (χ4v) is 2.14. The minimum Gasteiger partial charge on any atom is -0.480 e. The molecule has 1 amide bonds. The van der Waals surface area contributed by atoms with Gasteiger partial charge in [0.1, 0.15) is 12.2 Å². The van der Waals surface area contributed by atoms with Gasteiger partial charge >= 0.3 is 5.97 Å². The molecule has 0 saturated heterocycles. The number of carboxylic acid groups (broad SMARTS) is 1. The Kier molecular flexibility index (Phi) is 4.77. The van der Waals surface area contributed by atoms with E-state index in [1.165, 1.54) is 10.1 Å². The van der Waals surface area contributed by atoms with E-state index in [1.54, 1.807) is 18.3 Å². The first-order valence-corrected chi connectivity index (χ1v) is 6.87. The van der Waals surface area contributed by atoms with Gasteiger partial charge < -0.3 is 15.0 Å². The summed E-state index contributed by atoms with van der Waals surface area (Å²) in [6, 6.07) is 10.9. The van der Waals surface area contributed by atoms with Crippen LogP contribution in [0.15, 0.2) is 42.6 Å². The van der Waals surface area contributed by atoms with Crippen LogP contribution in [-0.4, -0.2) is 21.6 Å². The fraction of sp³-hybridized carbons (Fsp3) is 0.250. The Hall–Kier alpha value is -2.56. The van der Waals surface area contributed by atoms with Gasteiger partial charge in [-0.2, -0.15) is 0 Å². The van der Waals surface area contributed by atoms with Crippen LogP contribution >= 0.6 is 0 Å². The molecule has 1 heterocycles. The average molecular weight is 286 g/mol. The van der Waals surface area contributed by atoms with Crippen molar-refractivity contribution in [1.29, 1.82) is 0 Å². The van der Waals surface area contributed by atoms with Gasteiger partial charge in [-0.3, -0.25) is 9.59 Å². The van der Waals surface area contributed by atoms with E-state index in [0.29, 0.717) is 11.4 Å². The number of nitrogens with zero attached hydrogens (tertiary/aromatic N) is 1. The lowest BCUT2D eigenvalue weighted by Crippen LogP contribution is -2.19. The lowest BCUT2D eigenvalue weighted by molar-refractivity contribution is -0.137. The van der Waals surface area contributed by atoms with Crippen molar-refractivity contribution in [2.45, 2.75) is 26.3 Å². The summed E-state index contributed by atoms with van der Waals surface area (Å²) in [5.41, 5.74) is 2.25. The molecule has 0 bridgehead atoms. The summed E-state index contributed by atoms with van der Waals surface area (Å²) < 4.78 is 1.41. The van der Waals surface area contributed by atoms with Crippen LogP contribution in [0.4, 0.5) is 5.69 Å². The summed E-state index contributed by atoms with van der Waals surface area (Å²) in [6.07, 6.45) is 3.66. The normalized spacial score (nSPS) is 10.3. The van der Waals surface area contributed by atoms with Crippen LogP contribution in [0, 0.1) is 0 Å². The number of hydrogen-bond acceptors (Lipinski definition) is 2. The van der Waals surface area contributed by atoms with Crippen LogP contribution in [-0.2, 0) is 17.8 Å².